The molecule has 0 N–H and O–H groups in total. The van der Waals surface area contributed by atoms with Crippen molar-refractivity contribution in [2.75, 3.05) is 0 Å². The Kier molecular flexibility index (Phi) is 5.12. The zero-order valence-corrected chi connectivity index (χ0v) is 15.7. The maximum absolute atomic E-state index is 14.7. The molecule has 142 valence electrons. The van der Waals surface area contributed by atoms with Gasteiger partial charge in [-0.2, -0.15) is 0 Å². The van der Waals surface area contributed by atoms with Crippen molar-refractivity contribution in [1.82, 2.24) is 0 Å². The summed E-state index contributed by atoms with van der Waals surface area (Å²) in [7, 11) is 0. The molecule has 1 fully saturated rings. The van der Waals surface area contributed by atoms with Gasteiger partial charge in [-0.1, -0.05) is 31.1 Å². The van der Waals surface area contributed by atoms with Crippen LogP contribution in [0.5, 0.6) is 0 Å². The third-order valence-electron chi connectivity index (χ3n) is 6.45. The smallest absolute Gasteiger partial charge is 0.159 e. The van der Waals surface area contributed by atoms with E-state index in [9.17, 15) is 13.2 Å². The highest BCUT2D eigenvalue weighted by atomic mass is 19.2. The summed E-state index contributed by atoms with van der Waals surface area (Å²) in [6.07, 6.45) is 10.3. The van der Waals surface area contributed by atoms with E-state index in [-0.39, 0.29) is 5.82 Å². The third-order valence-corrected chi connectivity index (χ3v) is 6.45. The number of halogens is 3. The summed E-state index contributed by atoms with van der Waals surface area (Å²) in [5.41, 5.74) is 4.29. The van der Waals surface area contributed by atoms with Crippen LogP contribution in [0.15, 0.2) is 42.0 Å². The van der Waals surface area contributed by atoms with Crippen molar-refractivity contribution in [3.63, 3.8) is 0 Å². The van der Waals surface area contributed by atoms with Crippen LogP contribution in [-0.2, 0) is 12.8 Å². The second-order valence-corrected chi connectivity index (χ2v) is 8.02. The minimum atomic E-state index is -0.950. The molecule has 1 saturated carbocycles. The largest absolute Gasteiger partial charge is 0.206 e. The maximum atomic E-state index is 14.7. The number of fused-ring (bicyclic) bond motifs is 1. The van der Waals surface area contributed by atoms with Crippen LogP contribution in [0.4, 0.5) is 13.2 Å². The summed E-state index contributed by atoms with van der Waals surface area (Å²) in [5.74, 6) is -0.726. The monoisotopic (exact) mass is 370 g/mol. The molecule has 0 aromatic heterocycles. The first-order valence-corrected chi connectivity index (χ1v) is 10.0. The van der Waals surface area contributed by atoms with E-state index >= 15 is 0 Å². The number of rotatable bonds is 3. The third kappa shape index (κ3) is 3.69. The lowest BCUT2D eigenvalue weighted by Gasteiger charge is -2.31. The molecule has 0 amide bonds. The van der Waals surface area contributed by atoms with Crippen molar-refractivity contribution in [3.8, 4) is 11.1 Å². The highest BCUT2D eigenvalue weighted by Crippen LogP contribution is 2.39. The molecule has 4 rings (SSSR count). The molecule has 0 spiro atoms. The topological polar surface area (TPSA) is 0 Å². The van der Waals surface area contributed by atoms with Gasteiger partial charge in [0.15, 0.2) is 11.6 Å². The van der Waals surface area contributed by atoms with E-state index in [1.807, 2.05) is 0 Å². The van der Waals surface area contributed by atoms with E-state index in [1.54, 1.807) is 12.1 Å². The van der Waals surface area contributed by atoms with Crippen LogP contribution in [0.3, 0.4) is 0 Å². The molecule has 0 nitrogen and oxygen atoms in total. The Labute approximate surface area is 159 Å². The van der Waals surface area contributed by atoms with Crippen LogP contribution in [-0.4, -0.2) is 0 Å². The Bertz CT molecular complexity index is 873. The molecule has 0 unspecified atom stereocenters. The molecule has 2 aliphatic carbocycles. The van der Waals surface area contributed by atoms with Crippen molar-refractivity contribution in [3.05, 3.63) is 70.6 Å². The zero-order chi connectivity index (χ0) is 19.0. The molecule has 0 atom stereocenters. The number of benzene rings is 2. The first-order chi connectivity index (χ1) is 13.0. The number of hydrogen-bond donors (Lipinski definition) is 0. The van der Waals surface area contributed by atoms with Crippen LogP contribution in [0.25, 0.3) is 11.1 Å². The first kappa shape index (κ1) is 18.3. The van der Waals surface area contributed by atoms with E-state index in [2.05, 4.69) is 13.0 Å². The Hall–Kier alpha value is -2.03. The van der Waals surface area contributed by atoms with Gasteiger partial charge in [0.1, 0.15) is 5.82 Å². The van der Waals surface area contributed by atoms with Gasteiger partial charge in [-0.3, -0.25) is 0 Å². The fraction of sp³-hybridized carbons (Fsp3) is 0.417. The average Bonchev–Trinajstić information content (AvgIpc) is 2.69. The van der Waals surface area contributed by atoms with Gasteiger partial charge < -0.3 is 0 Å². The van der Waals surface area contributed by atoms with Crippen LogP contribution in [0, 0.1) is 29.3 Å². The molecule has 3 heteroatoms. The molecule has 27 heavy (non-hydrogen) atoms. The summed E-state index contributed by atoms with van der Waals surface area (Å²) in [4.78, 5) is 0. The number of allylic oxidation sites excluding steroid dienone is 2. The molecule has 2 aromatic carbocycles. The summed E-state index contributed by atoms with van der Waals surface area (Å²) < 4.78 is 41.4. The van der Waals surface area contributed by atoms with Gasteiger partial charge in [-0.25, -0.2) is 13.2 Å². The summed E-state index contributed by atoms with van der Waals surface area (Å²) in [6, 6.07) is 6.94. The van der Waals surface area contributed by atoms with E-state index in [4.69, 9.17) is 0 Å². The van der Waals surface area contributed by atoms with Crippen molar-refractivity contribution in [2.45, 2.75) is 51.9 Å². The Morgan fingerprint density at radius 1 is 0.852 bits per heavy atom. The van der Waals surface area contributed by atoms with Gasteiger partial charge in [0.2, 0.25) is 0 Å². The molecule has 0 radical (unpaired) electrons. The van der Waals surface area contributed by atoms with Crippen LogP contribution < -0.4 is 0 Å². The molecular formula is C24H25F3. The lowest BCUT2D eigenvalue weighted by molar-refractivity contribution is 0.292. The van der Waals surface area contributed by atoms with Crippen molar-refractivity contribution >= 4 is 0 Å². The Morgan fingerprint density at radius 2 is 1.63 bits per heavy atom. The molecule has 0 bridgehead atoms. The lowest BCUT2D eigenvalue weighted by Crippen LogP contribution is -2.19. The summed E-state index contributed by atoms with van der Waals surface area (Å²) in [5, 5.41) is 0. The second-order valence-electron chi connectivity index (χ2n) is 8.02. The molecular weight excluding hydrogens is 345 g/mol. The van der Waals surface area contributed by atoms with E-state index in [0.29, 0.717) is 17.0 Å². The molecule has 0 saturated heterocycles. The van der Waals surface area contributed by atoms with Crippen LogP contribution >= 0.6 is 0 Å². The molecule has 2 aliphatic rings. The Balaban J connectivity index is 1.56. The predicted octanol–water partition coefficient (Wildman–Crippen LogP) is 7.01. The van der Waals surface area contributed by atoms with Crippen molar-refractivity contribution < 1.29 is 13.2 Å². The fourth-order valence-corrected chi connectivity index (χ4v) is 4.68. The fourth-order valence-electron chi connectivity index (χ4n) is 4.68. The highest BCUT2D eigenvalue weighted by Gasteiger charge is 2.25. The second kappa shape index (κ2) is 7.53. The van der Waals surface area contributed by atoms with Gasteiger partial charge in [-0.05, 0) is 91.3 Å². The predicted molar refractivity (Wildman–Crippen MR) is 103 cm³/mol. The maximum Gasteiger partial charge on any atom is 0.159 e. The molecule has 0 heterocycles. The minimum Gasteiger partial charge on any atom is -0.206 e. The highest BCUT2D eigenvalue weighted by molar-refractivity contribution is 5.66. The normalized spacial score (nSPS) is 22.3. The van der Waals surface area contributed by atoms with Crippen molar-refractivity contribution in [1.29, 1.82) is 0 Å². The van der Waals surface area contributed by atoms with E-state index < -0.39 is 11.6 Å². The average molecular weight is 370 g/mol. The van der Waals surface area contributed by atoms with Gasteiger partial charge in [-0.15, -0.1) is 0 Å². The van der Waals surface area contributed by atoms with Gasteiger partial charge in [0, 0.05) is 5.56 Å². The van der Waals surface area contributed by atoms with Gasteiger partial charge >= 0.3 is 0 Å². The quantitative estimate of drug-likeness (QED) is 0.510. The van der Waals surface area contributed by atoms with E-state index in [1.165, 1.54) is 43.7 Å². The SMILES string of the molecule is CCC1CCC(C2=CCc3cc(-c4ccc(F)c(F)c4)c(F)cc3C2)CC1. The van der Waals surface area contributed by atoms with Crippen molar-refractivity contribution in [2.24, 2.45) is 11.8 Å². The zero-order valence-electron chi connectivity index (χ0n) is 15.7. The van der Waals surface area contributed by atoms with Crippen LogP contribution in [0.2, 0.25) is 0 Å². The summed E-state index contributed by atoms with van der Waals surface area (Å²) >= 11 is 0. The standard InChI is InChI=1S/C24H25F3/c1-2-15-3-5-16(6-4-15)17-7-8-18-12-21(23(26)14-20(18)11-17)19-9-10-22(25)24(27)13-19/h7,9-10,12-16H,2-6,8,11H2,1H3. The Morgan fingerprint density at radius 3 is 2.33 bits per heavy atom. The molecule has 2 aromatic rings. The van der Waals surface area contributed by atoms with Crippen LogP contribution in [0.1, 0.15) is 50.2 Å². The first-order valence-electron chi connectivity index (χ1n) is 10.0. The molecule has 0 aliphatic heterocycles. The van der Waals surface area contributed by atoms with Gasteiger partial charge in [0.05, 0.1) is 0 Å². The minimum absolute atomic E-state index is 0.341. The van der Waals surface area contributed by atoms with Gasteiger partial charge in [0.25, 0.3) is 0 Å². The lowest BCUT2D eigenvalue weighted by atomic mass is 9.74. The summed E-state index contributed by atoms with van der Waals surface area (Å²) in [6.45, 7) is 2.27. The number of hydrogen-bond acceptors (Lipinski definition) is 0. The van der Waals surface area contributed by atoms with E-state index in [0.717, 1.165) is 42.0 Å².